The largest absolute Gasteiger partial charge is 0.478 e. The first-order chi connectivity index (χ1) is 10.2. The van der Waals surface area contributed by atoms with Crippen molar-refractivity contribution < 1.29 is 9.84 Å². The van der Waals surface area contributed by atoms with Gasteiger partial charge in [-0.1, -0.05) is 30.3 Å². The van der Waals surface area contributed by atoms with Gasteiger partial charge in [0.05, 0.1) is 13.2 Å². The number of β-amino-alcohol motifs (C(OH)–C–C–N with tert-alkyl or cyclic N) is 1. The molecule has 1 aromatic carbocycles. The van der Waals surface area contributed by atoms with Crippen LogP contribution >= 0.6 is 0 Å². The second-order valence-electron chi connectivity index (χ2n) is 5.20. The van der Waals surface area contributed by atoms with Gasteiger partial charge in [0.15, 0.2) is 0 Å². The van der Waals surface area contributed by atoms with E-state index in [9.17, 15) is 5.11 Å². The fraction of sp³-hybridized carbons (Fsp3) is 0.375. The van der Waals surface area contributed by atoms with Crippen molar-refractivity contribution in [1.29, 1.82) is 0 Å². The third kappa shape index (κ3) is 2.83. The summed E-state index contributed by atoms with van der Waals surface area (Å²) in [5, 5.41) is 10.8. The molecule has 5 nitrogen and oxygen atoms in total. The second kappa shape index (κ2) is 5.69. The van der Waals surface area contributed by atoms with Crippen LogP contribution in [0.3, 0.4) is 0 Å². The number of anilines is 1. The molecule has 1 N–H and O–H groups in total. The van der Waals surface area contributed by atoms with Crippen molar-refractivity contribution >= 4 is 5.95 Å². The lowest BCUT2D eigenvalue weighted by atomic mass is 9.93. The van der Waals surface area contributed by atoms with Gasteiger partial charge in [-0.3, -0.25) is 0 Å². The van der Waals surface area contributed by atoms with Gasteiger partial charge in [-0.05, 0) is 18.9 Å². The molecule has 1 aliphatic rings. The lowest BCUT2D eigenvalue weighted by Gasteiger charge is -2.24. The van der Waals surface area contributed by atoms with E-state index in [-0.39, 0.29) is 0 Å². The zero-order chi connectivity index (χ0) is 14.7. The first kappa shape index (κ1) is 13.8. The van der Waals surface area contributed by atoms with Gasteiger partial charge in [-0.15, -0.1) is 0 Å². The van der Waals surface area contributed by atoms with Gasteiger partial charge in [0.1, 0.15) is 5.60 Å². The molecule has 0 bridgehead atoms. The van der Waals surface area contributed by atoms with E-state index < -0.39 is 5.60 Å². The van der Waals surface area contributed by atoms with Crippen LogP contribution in [0, 0.1) is 0 Å². The van der Waals surface area contributed by atoms with Crippen LogP contribution in [0.2, 0.25) is 0 Å². The average molecular weight is 285 g/mol. The predicted molar refractivity (Wildman–Crippen MR) is 80.4 cm³/mol. The van der Waals surface area contributed by atoms with Crippen molar-refractivity contribution in [2.24, 2.45) is 0 Å². The van der Waals surface area contributed by atoms with Crippen LogP contribution < -0.4 is 9.64 Å². The first-order valence-corrected chi connectivity index (χ1v) is 7.20. The number of aromatic nitrogens is 2. The van der Waals surface area contributed by atoms with Crippen molar-refractivity contribution in [2.45, 2.75) is 18.9 Å². The van der Waals surface area contributed by atoms with Crippen LogP contribution in [0.25, 0.3) is 0 Å². The molecule has 5 heteroatoms. The molecular formula is C16H19N3O2. The number of hydrogen-bond donors (Lipinski definition) is 1. The molecule has 0 spiro atoms. The highest BCUT2D eigenvalue weighted by molar-refractivity contribution is 5.38. The van der Waals surface area contributed by atoms with E-state index in [1.54, 1.807) is 12.3 Å². The van der Waals surface area contributed by atoms with Crippen molar-refractivity contribution in [3.8, 4) is 5.88 Å². The molecule has 110 valence electrons. The van der Waals surface area contributed by atoms with E-state index in [1.165, 1.54) is 0 Å². The quantitative estimate of drug-likeness (QED) is 0.930. The normalized spacial score (nSPS) is 21.5. The maximum absolute atomic E-state index is 10.8. The Labute approximate surface area is 124 Å². The molecule has 2 aromatic rings. The molecule has 3 rings (SSSR count). The zero-order valence-corrected chi connectivity index (χ0v) is 12.1. The highest BCUT2D eigenvalue weighted by Crippen LogP contribution is 2.33. The smallest absolute Gasteiger partial charge is 0.228 e. The van der Waals surface area contributed by atoms with Crippen molar-refractivity contribution in [3.05, 3.63) is 48.2 Å². The summed E-state index contributed by atoms with van der Waals surface area (Å²) in [6.45, 7) is 3.71. The zero-order valence-electron chi connectivity index (χ0n) is 12.1. The predicted octanol–water partition coefficient (Wildman–Crippen LogP) is 1.97. The maximum Gasteiger partial charge on any atom is 0.228 e. The van der Waals surface area contributed by atoms with Gasteiger partial charge in [0, 0.05) is 18.8 Å². The highest BCUT2D eigenvalue weighted by atomic mass is 16.5. The van der Waals surface area contributed by atoms with E-state index in [0.29, 0.717) is 31.4 Å². The molecule has 1 fully saturated rings. The van der Waals surface area contributed by atoms with E-state index in [0.717, 1.165) is 12.1 Å². The molecule has 0 amide bonds. The summed E-state index contributed by atoms with van der Waals surface area (Å²) in [6.07, 6.45) is 2.35. The molecule has 1 atom stereocenters. The summed E-state index contributed by atoms with van der Waals surface area (Å²) >= 11 is 0. The highest BCUT2D eigenvalue weighted by Gasteiger charge is 2.38. The van der Waals surface area contributed by atoms with Crippen LogP contribution in [-0.4, -0.2) is 34.8 Å². The summed E-state index contributed by atoms with van der Waals surface area (Å²) in [7, 11) is 0. The Morgan fingerprint density at radius 1 is 1.29 bits per heavy atom. The van der Waals surface area contributed by atoms with Gasteiger partial charge in [-0.2, -0.15) is 4.98 Å². The lowest BCUT2D eigenvalue weighted by Crippen LogP contribution is -2.31. The number of rotatable bonds is 4. The SMILES string of the molecule is CCOc1ccnc(N2CC[C@@](O)(c3ccccc3)C2)n1. The Morgan fingerprint density at radius 2 is 2.10 bits per heavy atom. The molecule has 2 heterocycles. The van der Waals surface area contributed by atoms with Gasteiger partial charge >= 0.3 is 0 Å². The molecule has 21 heavy (non-hydrogen) atoms. The summed E-state index contributed by atoms with van der Waals surface area (Å²) in [5.41, 5.74) is 0.0974. The fourth-order valence-corrected chi connectivity index (χ4v) is 2.66. The Hall–Kier alpha value is -2.14. The second-order valence-corrected chi connectivity index (χ2v) is 5.20. The summed E-state index contributed by atoms with van der Waals surface area (Å²) < 4.78 is 5.40. The minimum Gasteiger partial charge on any atom is -0.478 e. The summed E-state index contributed by atoms with van der Waals surface area (Å²) in [4.78, 5) is 10.7. The fourth-order valence-electron chi connectivity index (χ4n) is 2.66. The van der Waals surface area contributed by atoms with Crippen LogP contribution in [0.1, 0.15) is 18.9 Å². The van der Waals surface area contributed by atoms with Crippen LogP contribution in [-0.2, 0) is 5.60 Å². The van der Waals surface area contributed by atoms with Gasteiger partial charge in [0.2, 0.25) is 11.8 Å². The molecule has 0 aliphatic carbocycles. The van der Waals surface area contributed by atoms with Crippen LogP contribution in [0.5, 0.6) is 5.88 Å². The molecular weight excluding hydrogens is 266 g/mol. The Bertz CT molecular complexity index is 605. The molecule has 1 saturated heterocycles. The van der Waals surface area contributed by atoms with E-state index in [2.05, 4.69) is 9.97 Å². The molecule has 0 saturated carbocycles. The topological polar surface area (TPSA) is 58.5 Å². The van der Waals surface area contributed by atoms with E-state index >= 15 is 0 Å². The maximum atomic E-state index is 10.8. The van der Waals surface area contributed by atoms with Crippen LogP contribution in [0.4, 0.5) is 5.95 Å². The van der Waals surface area contributed by atoms with Gasteiger partial charge in [-0.25, -0.2) is 4.98 Å². The molecule has 0 radical (unpaired) electrons. The first-order valence-electron chi connectivity index (χ1n) is 7.20. The number of ether oxygens (including phenoxy) is 1. The van der Waals surface area contributed by atoms with Crippen molar-refractivity contribution in [1.82, 2.24) is 9.97 Å². The lowest BCUT2D eigenvalue weighted by molar-refractivity contribution is 0.0606. The van der Waals surface area contributed by atoms with E-state index in [1.807, 2.05) is 42.2 Å². The standard InChI is InChI=1S/C16H19N3O2/c1-2-21-14-8-10-17-15(18-14)19-11-9-16(20,12-19)13-6-4-3-5-7-13/h3-8,10,20H,2,9,11-12H2,1H3/t16-/m0/s1. The minimum atomic E-state index is -0.841. The van der Waals surface area contributed by atoms with Crippen molar-refractivity contribution in [2.75, 3.05) is 24.6 Å². The van der Waals surface area contributed by atoms with Crippen molar-refractivity contribution in [3.63, 3.8) is 0 Å². The summed E-state index contributed by atoms with van der Waals surface area (Å²) in [5.74, 6) is 1.17. The number of benzene rings is 1. The third-order valence-electron chi connectivity index (χ3n) is 3.75. The third-order valence-corrected chi connectivity index (χ3v) is 3.75. The van der Waals surface area contributed by atoms with E-state index in [4.69, 9.17) is 4.74 Å². The van der Waals surface area contributed by atoms with Gasteiger partial charge in [0.25, 0.3) is 0 Å². The molecule has 0 unspecified atom stereocenters. The number of nitrogens with zero attached hydrogens (tertiary/aromatic N) is 3. The Balaban J connectivity index is 1.79. The summed E-state index contributed by atoms with van der Waals surface area (Å²) in [6, 6.07) is 11.5. The monoisotopic (exact) mass is 285 g/mol. The number of hydrogen-bond acceptors (Lipinski definition) is 5. The Kier molecular flexibility index (Phi) is 3.75. The Morgan fingerprint density at radius 3 is 2.86 bits per heavy atom. The molecule has 1 aromatic heterocycles. The van der Waals surface area contributed by atoms with Crippen LogP contribution in [0.15, 0.2) is 42.6 Å². The minimum absolute atomic E-state index is 0.493. The van der Waals surface area contributed by atoms with Gasteiger partial charge < -0.3 is 14.7 Å². The number of aliphatic hydroxyl groups is 1. The molecule has 1 aliphatic heterocycles. The average Bonchev–Trinajstić information content (AvgIpc) is 2.93.